The molecule has 2 aromatic carbocycles. The molecule has 0 heterocycles. The van der Waals surface area contributed by atoms with Crippen LogP contribution in [0.15, 0.2) is 53.5 Å². The van der Waals surface area contributed by atoms with Gasteiger partial charge in [0.1, 0.15) is 12.4 Å². The zero-order chi connectivity index (χ0) is 22.9. The molecule has 2 N–H and O–H groups in total. The Morgan fingerprint density at radius 2 is 1.74 bits per heavy atom. The van der Waals surface area contributed by atoms with Crippen molar-refractivity contribution in [2.75, 3.05) is 33.8 Å². The Hall–Kier alpha value is -3.23. The van der Waals surface area contributed by atoms with E-state index in [9.17, 15) is 18.0 Å². The van der Waals surface area contributed by atoms with E-state index in [1.165, 1.54) is 23.1 Å². The van der Waals surface area contributed by atoms with Gasteiger partial charge in [0, 0.05) is 26.2 Å². The molecule has 9 heteroatoms. The van der Waals surface area contributed by atoms with E-state index < -0.39 is 11.7 Å². The summed E-state index contributed by atoms with van der Waals surface area (Å²) in [5.74, 6) is 0.243. The summed E-state index contributed by atoms with van der Waals surface area (Å²) in [6.07, 6.45) is -4.47. The number of guanidine groups is 1. The predicted octanol–water partition coefficient (Wildman–Crippen LogP) is 3.54. The van der Waals surface area contributed by atoms with E-state index in [0.29, 0.717) is 24.6 Å². The van der Waals surface area contributed by atoms with Crippen LogP contribution in [0.3, 0.4) is 0 Å². The topological polar surface area (TPSA) is 66.0 Å². The first kappa shape index (κ1) is 24.0. The van der Waals surface area contributed by atoms with E-state index in [0.717, 1.165) is 11.6 Å². The molecule has 0 saturated heterocycles. The monoisotopic (exact) mass is 436 g/mol. The quantitative estimate of drug-likeness (QED) is 0.377. The standard InChI is InChI=1S/C22H27F3N4O2/c1-4-26-21(28-15-16-9-11-17(12-10-16)20(30)29(2)3)27-13-14-31-19-8-6-5-7-18(19)22(23,24)25/h5-12H,4,13-15H2,1-3H3,(H2,26,27,28). The molecule has 0 aliphatic rings. The van der Waals surface area contributed by atoms with Crippen LogP contribution in [0.1, 0.15) is 28.4 Å². The molecule has 1 amide bonds. The van der Waals surface area contributed by atoms with E-state index in [1.54, 1.807) is 26.2 Å². The third-order valence-corrected chi connectivity index (χ3v) is 4.22. The van der Waals surface area contributed by atoms with Gasteiger partial charge in [-0.1, -0.05) is 24.3 Å². The highest BCUT2D eigenvalue weighted by Crippen LogP contribution is 2.35. The van der Waals surface area contributed by atoms with Gasteiger partial charge in [0.05, 0.1) is 18.7 Å². The van der Waals surface area contributed by atoms with Crippen molar-refractivity contribution in [2.24, 2.45) is 4.99 Å². The molecule has 0 aromatic heterocycles. The number of hydrogen-bond acceptors (Lipinski definition) is 3. The molecule has 0 unspecified atom stereocenters. The number of ether oxygens (including phenoxy) is 1. The predicted molar refractivity (Wildman–Crippen MR) is 114 cm³/mol. The van der Waals surface area contributed by atoms with Crippen LogP contribution < -0.4 is 15.4 Å². The van der Waals surface area contributed by atoms with Gasteiger partial charge in [-0.3, -0.25) is 4.79 Å². The number of alkyl halides is 3. The number of benzene rings is 2. The van der Waals surface area contributed by atoms with Crippen LogP contribution >= 0.6 is 0 Å². The smallest absolute Gasteiger partial charge is 0.419 e. The van der Waals surface area contributed by atoms with Crippen molar-refractivity contribution in [1.82, 2.24) is 15.5 Å². The third-order valence-electron chi connectivity index (χ3n) is 4.22. The number of rotatable bonds is 8. The van der Waals surface area contributed by atoms with E-state index in [4.69, 9.17) is 4.74 Å². The molecular formula is C22H27F3N4O2. The number of nitrogens with one attached hydrogen (secondary N) is 2. The zero-order valence-corrected chi connectivity index (χ0v) is 17.8. The fourth-order valence-electron chi connectivity index (χ4n) is 2.68. The van der Waals surface area contributed by atoms with Crippen molar-refractivity contribution in [1.29, 1.82) is 0 Å². The van der Waals surface area contributed by atoms with Crippen molar-refractivity contribution < 1.29 is 22.7 Å². The lowest BCUT2D eigenvalue weighted by Gasteiger charge is -2.15. The lowest BCUT2D eigenvalue weighted by molar-refractivity contribution is -0.138. The second-order valence-electron chi connectivity index (χ2n) is 6.86. The number of nitrogens with zero attached hydrogens (tertiary/aromatic N) is 2. The van der Waals surface area contributed by atoms with Gasteiger partial charge in [-0.25, -0.2) is 4.99 Å². The Labute approximate surface area is 180 Å². The average Bonchev–Trinajstić information content (AvgIpc) is 2.74. The zero-order valence-electron chi connectivity index (χ0n) is 17.8. The molecule has 0 aliphatic carbocycles. The fraction of sp³-hybridized carbons (Fsp3) is 0.364. The highest BCUT2D eigenvalue weighted by molar-refractivity contribution is 5.93. The number of hydrogen-bond donors (Lipinski definition) is 2. The number of halogens is 3. The molecule has 0 aliphatic heterocycles. The molecular weight excluding hydrogens is 409 g/mol. The molecule has 2 aromatic rings. The second kappa shape index (κ2) is 11.2. The van der Waals surface area contributed by atoms with Gasteiger partial charge in [-0.05, 0) is 36.8 Å². The van der Waals surface area contributed by atoms with Crippen LogP contribution in [0, 0.1) is 0 Å². The molecule has 0 spiro atoms. The first-order valence-corrected chi connectivity index (χ1v) is 9.84. The molecule has 0 atom stereocenters. The number of carbonyl (C=O) groups excluding carboxylic acids is 1. The summed E-state index contributed by atoms with van der Waals surface area (Å²) in [6.45, 7) is 3.23. The Balaban J connectivity index is 1.90. The van der Waals surface area contributed by atoms with Crippen LogP contribution in [0.4, 0.5) is 13.2 Å². The summed E-state index contributed by atoms with van der Waals surface area (Å²) in [5.41, 5.74) is 0.716. The first-order chi connectivity index (χ1) is 14.7. The van der Waals surface area contributed by atoms with Crippen LogP contribution in [-0.2, 0) is 12.7 Å². The molecule has 0 saturated carbocycles. The van der Waals surface area contributed by atoms with E-state index in [-0.39, 0.29) is 24.8 Å². The summed E-state index contributed by atoms with van der Waals surface area (Å²) in [4.78, 5) is 17.9. The maximum absolute atomic E-state index is 13.0. The van der Waals surface area contributed by atoms with Gasteiger partial charge in [-0.15, -0.1) is 0 Å². The van der Waals surface area contributed by atoms with E-state index in [2.05, 4.69) is 15.6 Å². The average molecular weight is 436 g/mol. The molecule has 6 nitrogen and oxygen atoms in total. The number of para-hydroxylation sites is 1. The van der Waals surface area contributed by atoms with Crippen molar-refractivity contribution in [2.45, 2.75) is 19.6 Å². The Kier molecular flexibility index (Phi) is 8.72. The lowest BCUT2D eigenvalue weighted by Crippen LogP contribution is -2.39. The van der Waals surface area contributed by atoms with Crippen molar-refractivity contribution in [3.8, 4) is 5.75 Å². The highest BCUT2D eigenvalue weighted by atomic mass is 19.4. The number of carbonyl (C=O) groups is 1. The van der Waals surface area contributed by atoms with Gasteiger partial charge in [-0.2, -0.15) is 13.2 Å². The van der Waals surface area contributed by atoms with Gasteiger partial charge >= 0.3 is 6.18 Å². The second-order valence-corrected chi connectivity index (χ2v) is 6.86. The summed E-state index contributed by atoms with van der Waals surface area (Å²) >= 11 is 0. The Bertz CT molecular complexity index is 881. The molecule has 31 heavy (non-hydrogen) atoms. The highest BCUT2D eigenvalue weighted by Gasteiger charge is 2.33. The SMILES string of the molecule is CCNC(=NCc1ccc(C(=O)N(C)C)cc1)NCCOc1ccccc1C(F)(F)F. The lowest BCUT2D eigenvalue weighted by atomic mass is 10.1. The fourth-order valence-corrected chi connectivity index (χ4v) is 2.68. The van der Waals surface area contributed by atoms with Gasteiger partial charge < -0.3 is 20.3 Å². The summed E-state index contributed by atoms with van der Waals surface area (Å²) < 4.78 is 44.3. The van der Waals surface area contributed by atoms with Crippen LogP contribution in [0.5, 0.6) is 5.75 Å². The minimum absolute atomic E-state index is 0.0405. The molecule has 2 rings (SSSR count). The Morgan fingerprint density at radius 1 is 1.06 bits per heavy atom. The molecule has 0 fully saturated rings. The van der Waals surface area contributed by atoms with E-state index in [1.807, 2.05) is 19.1 Å². The first-order valence-electron chi connectivity index (χ1n) is 9.84. The number of aliphatic imine (C=N–C) groups is 1. The van der Waals surface area contributed by atoms with E-state index >= 15 is 0 Å². The molecule has 168 valence electrons. The number of amides is 1. The van der Waals surface area contributed by atoms with Crippen molar-refractivity contribution in [3.05, 3.63) is 65.2 Å². The normalized spacial score (nSPS) is 11.7. The minimum Gasteiger partial charge on any atom is -0.491 e. The van der Waals surface area contributed by atoms with Gasteiger partial charge in [0.15, 0.2) is 5.96 Å². The van der Waals surface area contributed by atoms with Crippen LogP contribution in [0.25, 0.3) is 0 Å². The van der Waals surface area contributed by atoms with Crippen LogP contribution in [0.2, 0.25) is 0 Å². The van der Waals surface area contributed by atoms with Gasteiger partial charge in [0.25, 0.3) is 5.91 Å². The summed E-state index contributed by atoms with van der Waals surface area (Å²) in [5, 5.41) is 6.11. The van der Waals surface area contributed by atoms with Crippen molar-refractivity contribution >= 4 is 11.9 Å². The Morgan fingerprint density at radius 3 is 2.35 bits per heavy atom. The largest absolute Gasteiger partial charge is 0.491 e. The third kappa shape index (κ3) is 7.51. The summed E-state index contributed by atoms with van der Waals surface area (Å²) in [7, 11) is 3.39. The van der Waals surface area contributed by atoms with Crippen molar-refractivity contribution in [3.63, 3.8) is 0 Å². The molecule has 0 radical (unpaired) electrons. The maximum Gasteiger partial charge on any atom is 0.419 e. The maximum atomic E-state index is 13.0. The van der Waals surface area contributed by atoms with Gasteiger partial charge in [0.2, 0.25) is 0 Å². The molecule has 0 bridgehead atoms. The summed E-state index contributed by atoms with van der Waals surface area (Å²) in [6, 6.07) is 12.3. The minimum atomic E-state index is -4.47. The van der Waals surface area contributed by atoms with Crippen LogP contribution in [-0.4, -0.2) is 50.6 Å².